The molecular formula is C13H24N4O2. The zero-order valence-electron chi connectivity index (χ0n) is 12.4. The molecule has 1 aromatic heterocycles. The predicted molar refractivity (Wildman–Crippen MR) is 73.7 cm³/mol. The van der Waals surface area contributed by atoms with E-state index in [0.29, 0.717) is 13.1 Å². The zero-order valence-corrected chi connectivity index (χ0v) is 12.4. The Morgan fingerprint density at radius 1 is 1.53 bits per heavy atom. The second-order valence-corrected chi connectivity index (χ2v) is 5.66. The van der Waals surface area contributed by atoms with Crippen molar-refractivity contribution in [2.75, 3.05) is 6.54 Å². The summed E-state index contributed by atoms with van der Waals surface area (Å²) in [5.74, 6) is 0. The van der Waals surface area contributed by atoms with Crippen LogP contribution in [0.4, 0.5) is 4.79 Å². The van der Waals surface area contributed by atoms with Gasteiger partial charge in [0.1, 0.15) is 5.60 Å². The molecule has 1 amide bonds. The summed E-state index contributed by atoms with van der Waals surface area (Å²) in [6, 6.07) is 0.155. The molecule has 6 heteroatoms. The average molecular weight is 268 g/mol. The Labute approximate surface area is 114 Å². The Morgan fingerprint density at radius 3 is 2.74 bits per heavy atom. The lowest BCUT2D eigenvalue weighted by molar-refractivity contribution is 0.0523. The molecule has 1 unspecified atom stereocenters. The first-order valence-corrected chi connectivity index (χ1v) is 6.43. The number of hydrogen-bond donors (Lipinski definition) is 2. The van der Waals surface area contributed by atoms with E-state index in [9.17, 15) is 4.79 Å². The molecule has 1 heterocycles. The minimum Gasteiger partial charge on any atom is -0.444 e. The van der Waals surface area contributed by atoms with E-state index in [1.807, 2.05) is 45.5 Å². The van der Waals surface area contributed by atoms with E-state index in [0.717, 1.165) is 5.69 Å². The van der Waals surface area contributed by atoms with E-state index in [4.69, 9.17) is 4.74 Å². The Morgan fingerprint density at radius 2 is 2.21 bits per heavy atom. The summed E-state index contributed by atoms with van der Waals surface area (Å²) >= 11 is 0. The quantitative estimate of drug-likeness (QED) is 0.847. The van der Waals surface area contributed by atoms with Crippen LogP contribution in [0.3, 0.4) is 0 Å². The number of aromatic nitrogens is 2. The number of nitrogens with zero attached hydrogens (tertiary/aromatic N) is 2. The van der Waals surface area contributed by atoms with Gasteiger partial charge in [0.2, 0.25) is 0 Å². The number of nitrogens with one attached hydrogen (secondary N) is 2. The zero-order chi connectivity index (χ0) is 14.5. The lowest BCUT2D eigenvalue weighted by atomic mass is 10.2. The Balaban J connectivity index is 2.23. The van der Waals surface area contributed by atoms with Crippen LogP contribution in [0.15, 0.2) is 12.5 Å². The maximum Gasteiger partial charge on any atom is 0.407 e. The van der Waals surface area contributed by atoms with E-state index in [-0.39, 0.29) is 12.1 Å². The molecule has 1 atom stereocenters. The SMILES string of the molecule is CC(CNC(=O)OC(C)(C)C)NCc1cncn1C. The van der Waals surface area contributed by atoms with Crippen molar-refractivity contribution in [2.24, 2.45) is 7.05 Å². The van der Waals surface area contributed by atoms with Gasteiger partial charge in [-0.05, 0) is 27.7 Å². The monoisotopic (exact) mass is 268 g/mol. The molecule has 0 bridgehead atoms. The van der Waals surface area contributed by atoms with Gasteiger partial charge >= 0.3 is 6.09 Å². The van der Waals surface area contributed by atoms with Crippen LogP contribution < -0.4 is 10.6 Å². The first kappa shape index (κ1) is 15.5. The van der Waals surface area contributed by atoms with Gasteiger partial charge in [-0.1, -0.05) is 0 Å². The third-order valence-electron chi connectivity index (χ3n) is 2.50. The minimum absolute atomic E-state index is 0.155. The number of hydrogen-bond acceptors (Lipinski definition) is 4. The lowest BCUT2D eigenvalue weighted by Gasteiger charge is -2.21. The number of amides is 1. The summed E-state index contributed by atoms with van der Waals surface area (Å²) < 4.78 is 7.13. The van der Waals surface area contributed by atoms with E-state index in [1.165, 1.54) is 0 Å². The summed E-state index contributed by atoms with van der Waals surface area (Å²) in [5.41, 5.74) is 0.638. The topological polar surface area (TPSA) is 68.2 Å². The van der Waals surface area contributed by atoms with Gasteiger partial charge in [-0.2, -0.15) is 0 Å². The van der Waals surface area contributed by atoms with E-state index < -0.39 is 5.60 Å². The smallest absolute Gasteiger partial charge is 0.407 e. The molecule has 0 saturated carbocycles. The number of carbonyl (C=O) groups excluding carboxylic acids is 1. The summed E-state index contributed by atoms with van der Waals surface area (Å²) in [6.07, 6.45) is 3.20. The fourth-order valence-corrected chi connectivity index (χ4v) is 1.46. The highest BCUT2D eigenvalue weighted by atomic mass is 16.6. The molecule has 1 aromatic rings. The van der Waals surface area contributed by atoms with E-state index in [2.05, 4.69) is 15.6 Å². The van der Waals surface area contributed by atoms with Gasteiger partial charge < -0.3 is 19.9 Å². The van der Waals surface area contributed by atoms with Gasteiger partial charge in [0.15, 0.2) is 0 Å². The van der Waals surface area contributed by atoms with E-state index >= 15 is 0 Å². The third-order valence-corrected chi connectivity index (χ3v) is 2.50. The lowest BCUT2D eigenvalue weighted by Crippen LogP contribution is -2.41. The maximum atomic E-state index is 11.5. The maximum absolute atomic E-state index is 11.5. The van der Waals surface area contributed by atoms with Crippen molar-refractivity contribution in [2.45, 2.75) is 45.9 Å². The minimum atomic E-state index is -0.463. The molecule has 1 rings (SSSR count). The average Bonchev–Trinajstić information content (AvgIpc) is 2.67. The van der Waals surface area contributed by atoms with Crippen molar-refractivity contribution in [3.8, 4) is 0 Å². The summed E-state index contributed by atoms with van der Waals surface area (Å²) in [6.45, 7) is 8.78. The highest BCUT2D eigenvalue weighted by Gasteiger charge is 2.16. The van der Waals surface area contributed by atoms with Crippen molar-refractivity contribution >= 4 is 6.09 Å². The third kappa shape index (κ3) is 6.24. The van der Waals surface area contributed by atoms with Crippen LogP contribution in [0.2, 0.25) is 0 Å². The van der Waals surface area contributed by atoms with Crippen LogP contribution in [-0.2, 0) is 18.3 Å². The fraction of sp³-hybridized carbons (Fsp3) is 0.692. The molecule has 2 N–H and O–H groups in total. The van der Waals surface area contributed by atoms with Crippen LogP contribution in [0.5, 0.6) is 0 Å². The number of alkyl carbamates (subject to hydrolysis) is 1. The Kier molecular flexibility index (Phi) is 5.35. The van der Waals surface area contributed by atoms with Crippen LogP contribution >= 0.6 is 0 Å². The molecule has 108 valence electrons. The second-order valence-electron chi connectivity index (χ2n) is 5.66. The number of rotatable bonds is 5. The number of imidazole rings is 1. The standard InChI is InChI=1S/C13H24N4O2/c1-10(6-16-12(18)19-13(2,3)4)15-8-11-7-14-9-17(11)5/h7,9-10,15H,6,8H2,1-5H3,(H,16,18). The summed E-state index contributed by atoms with van der Waals surface area (Å²) in [5, 5.41) is 6.05. The number of carbonyl (C=O) groups is 1. The molecular weight excluding hydrogens is 244 g/mol. The van der Waals surface area contributed by atoms with Gasteiger partial charge in [-0.25, -0.2) is 9.78 Å². The van der Waals surface area contributed by atoms with Gasteiger partial charge in [0, 0.05) is 32.4 Å². The van der Waals surface area contributed by atoms with E-state index in [1.54, 1.807) is 6.33 Å². The molecule has 6 nitrogen and oxygen atoms in total. The fourth-order valence-electron chi connectivity index (χ4n) is 1.46. The predicted octanol–water partition coefficient (Wildman–Crippen LogP) is 1.42. The van der Waals surface area contributed by atoms with Gasteiger partial charge in [0.25, 0.3) is 0 Å². The van der Waals surface area contributed by atoms with Crippen LogP contribution in [-0.4, -0.2) is 33.8 Å². The number of aryl methyl sites for hydroxylation is 1. The Hall–Kier alpha value is -1.56. The summed E-state index contributed by atoms with van der Waals surface area (Å²) in [7, 11) is 1.95. The Bertz CT molecular complexity index is 409. The highest BCUT2D eigenvalue weighted by molar-refractivity contribution is 5.67. The van der Waals surface area contributed by atoms with Crippen molar-refractivity contribution in [3.63, 3.8) is 0 Å². The molecule has 0 saturated heterocycles. The molecule has 0 aliphatic heterocycles. The first-order valence-electron chi connectivity index (χ1n) is 6.43. The van der Waals surface area contributed by atoms with Gasteiger partial charge in [-0.15, -0.1) is 0 Å². The van der Waals surface area contributed by atoms with Crippen LogP contribution in [0.25, 0.3) is 0 Å². The van der Waals surface area contributed by atoms with Crippen LogP contribution in [0, 0.1) is 0 Å². The molecule has 19 heavy (non-hydrogen) atoms. The molecule has 0 fully saturated rings. The largest absolute Gasteiger partial charge is 0.444 e. The number of ether oxygens (including phenoxy) is 1. The van der Waals surface area contributed by atoms with Crippen LogP contribution in [0.1, 0.15) is 33.4 Å². The molecule has 0 aromatic carbocycles. The normalized spacial score (nSPS) is 13.1. The van der Waals surface area contributed by atoms with Crippen molar-refractivity contribution in [3.05, 3.63) is 18.2 Å². The second kappa shape index (κ2) is 6.56. The van der Waals surface area contributed by atoms with Gasteiger partial charge in [0.05, 0.1) is 12.0 Å². The molecule has 0 radical (unpaired) electrons. The van der Waals surface area contributed by atoms with Gasteiger partial charge in [-0.3, -0.25) is 0 Å². The highest BCUT2D eigenvalue weighted by Crippen LogP contribution is 2.06. The van der Waals surface area contributed by atoms with Crippen molar-refractivity contribution in [1.29, 1.82) is 0 Å². The molecule has 0 aliphatic carbocycles. The van der Waals surface area contributed by atoms with Crippen molar-refractivity contribution < 1.29 is 9.53 Å². The summed E-state index contributed by atoms with van der Waals surface area (Å²) in [4.78, 5) is 15.5. The molecule has 0 spiro atoms. The molecule has 0 aliphatic rings. The van der Waals surface area contributed by atoms with Crippen molar-refractivity contribution in [1.82, 2.24) is 20.2 Å². The first-order chi connectivity index (χ1) is 8.78.